The summed E-state index contributed by atoms with van der Waals surface area (Å²) in [7, 11) is 1.91. The molecule has 0 saturated carbocycles. The average Bonchev–Trinajstić information content (AvgIpc) is 3.28. The highest BCUT2D eigenvalue weighted by atomic mass is 35.5. The van der Waals surface area contributed by atoms with Crippen LogP contribution in [0.25, 0.3) is 0 Å². The smallest absolute Gasteiger partial charge is 0.228 e. The molecule has 0 unspecified atom stereocenters. The molecular weight excluding hydrogens is 364 g/mol. The van der Waals surface area contributed by atoms with Gasteiger partial charge in [0.15, 0.2) is 0 Å². The zero-order valence-electron chi connectivity index (χ0n) is 15.3. The molecule has 2 amide bonds. The fraction of sp³-hybridized carbons (Fsp3) is 0.450. The second-order valence-electron chi connectivity index (χ2n) is 7.42. The number of carbonyl (C=O) groups excluding carboxylic acids is 2. The van der Waals surface area contributed by atoms with Crippen LogP contribution in [0.4, 0.5) is 5.69 Å². The fourth-order valence-corrected chi connectivity index (χ4v) is 4.20. The predicted octanol–water partition coefficient (Wildman–Crippen LogP) is 2.83. The molecule has 0 bridgehead atoms. The molecule has 0 radical (unpaired) electrons. The van der Waals surface area contributed by atoms with E-state index in [-0.39, 0.29) is 30.1 Å². The lowest BCUT2D eigenvalue weighted by Gasteiger charge is -2.33. The molecule has 2 aliphatic heterocycles. The Morgan fingerprint density at radius 2 is 1.96 bits per heavy atom. The van der Waals surface area contributed by atoms with E-state index in [1.807, 2.05) is 36.3 Å². The van der Waals surface area contributed by atoms with Crippen LogP contribution in [0.3, 0.4) is 0 Å². The highest BCUT2D eigenvalue weighted by Crippen LogP contribution is 2.30. The molecule has 6 nitrogen and oxygen atoms in total. The number of aromatic nitrogens is 2. The summed E-state index contributed by atoms with van der Waals surface area (Å²) in [6.45, 7) is 1.87. The third-order valence-corrected chi connectivity index (χ3v) is 5.75. The Bertz CT molecular complexity index is 848. The maximum Gasteiger partial charge on any atom is 0.228 e. The number of anilines is 1. The lowest BCUT2D eigenvalue weighted by atomic mass is 9.93. The van der Waals surface area contributed by atoms with Crippen LogP contribution in [-0.2, 0) is 16.6 Å². The first-order valence-corrected chi connectivity index (χ1v) is 9.73. The van der Waals surface area contributed by atoms with E-state index in [1.165, 1.54) is 0 Å². The van der Waals surface area contributed by atoms with E-state index in [0.29, 0.717) is 18.1 Å². The lowest BCUT2D eigenvalue weighted by Crippen LogP contribution is -2.43. The molecule has 2 saturated heterocycles. The third kappa shape index (κ3) is 3.72. The SMILES string of the molecule is Cn1ccc([C@@H]2CCCN(C(=O)[C@@H]3CC(=O)N(c4ccc(Cl)cc4)C3)C2)n1. The molecule has 4 rings (SSSR count). The van der Waals surface area contributed by atoms with Gasteiger partial charge in [0.25, 0.3) is 0 Å². The minimum Gasteiger partial charge on any atom is -0.342 e. The van der Waals surface area contributed by atoms with E-state index in [9.17, 15) is 9.59 Å². The summed E-state index contributed by atoms with van der Waals surface area (Å²) in [5.41, 5.74) is 1.84. The van der Waals surface area contributed by atoms with Gasteiger partial charge in [-0.1, -0.05) is 11.6 Å². The summed E-state index contributed by atoms with van der Waals surface area (Å²) < 4.78 is 1.80. The predicted molar refractivity (Wildman–Crippen MR) is 104 cm³/mol. The quantitative estimate of drug-likeness (QED) is 0.815. The highest BCUT2D eigenvalue weighted by Gasteiger charge is 2.38. The number of carbonyl (C=O) groups is 2. The minimum atomic E-state index is -0.282. The van der Waals surface area contributed by atoms with Gasteiger partial charge in [-0.25, -0.2) is 0 Å². The number of hydrogen-bond acceptors (Lipinski definition) is 3. The summed E-state index contributed by atoms with van der Waals surface area (Å²) in [5.74, 6) is 0.0680. The summed E-state index contributed by atoms with van der Waals surface area (Å²) in [5, 5.41) is 5.13. The molecule has 2 atom stereocenters. The van der Waals surface area contributed by atoms with Crippen molar-refractivity contribution in [3.63, 3.8) is 0 Å². The molecule has 7 heteroatoms. The van der Waals surface area contributed by atoms with Gasteiger partial charge >= 0.3 is 0 Å². The summed E-state index contributed by atoms with van der Waals surface area (Å²) in [6.07, 6.45) is 4.22. The molecule has 1 aromatic carbocycles. The van der Waals surface area contributed by atoms with E-state index >= 15 is 0 Å². The van der Waals surface area contributed by atoms with Crippen molar-refractivity contribution in [2.45, 2.75) is 25.2 Å². The largest absolute Gasteiger partial charge is 0.342 e. The van der Waals surface area contributed by atoms with Crippen LogP contribution in [0.2, 0.25) is 5.02 Å². The van der Waals surface area contributed by atoms with Crippen molar-refractivity contribution in [1.29, 1.82) is 0 Å². The standard InChI is InChI=1S/C20H23ClN4O2/c1-23-10-8-18(22-23)14-3-2-9-24(12-14)20(27)15-11-19(26)25(13-15)17-6-4-16(21)5-7-17/h4-8,10,14-15H,2-3,9,11-13H2,1H3/t14-,15-/m1/s1. The van der Waals surface area contributed by atoms with Crippen LogP contribution in [0.5, 0.6) is 0 Å². The number of halogens is 1. The van der Waals surface area contributed by atoms with Gasteiger partial charge in [0, 0.05) is 55.9 Å². The Labute approximate surface area is 163 Å². The molecule has 2 aromatic rings. The fourth-order valence-electron chi connectivity index (χ4n) is 4.07. The number of rotatable bonds is 3. The molecule has 1 aromatic heterocycles. The van der Waals surface area contributed by atoms with Crippen molar-refractivity contribution in [2.24, 2.45) is 13.0 Å². The van der Waals surface area contributed by atoms with Crippen LogP contribution in [-0.4, -0.2) is 46.1 Å². The Hall–Kier alpha value is -2.34. The van der Waals surface area contributed by atoms with E-state index < -0.39 is 0 Å². The zero-order chi connectivity index (χ0) is 19.0. The zero-order valence-corrected chi connectivity index (χ0v) is 16.1. The van der Waals surface area contributed by atoms with Gasteiger partial charge < -0.3 is 9.80 Å². The Morgan fingerprint density at radius 3 is 2.67 bits per heavy atom. The second-order valence-corrected chi connectivity index (χ2v) is 7.86. The molecule has 2 aliphatic rings. The average molecular weight is 387 g/mol. The molecule has 0 aliphatic carbocycles. The third-order valence-electron chi connectivity index (χ3n) is 5.50. The first-order chi connectivity index (χ1) is 13.0. The van der Waals surface area contributed by atoms with E-state index in [0.717, 1.165) is 30.8 Å². The van der Waals surface area contributed by atoms with Crippen LogP contribution in [0.1, 0.15) is 30.9 Å². The molecule has 0 spiro atoms. The van der Waals surface area contributed by atoms with Crippen molar-refractivity contribution in [3.8, 4) is 0 Å². The van der Waals surface area contributed by atoms with Gasteiger partial charge in [-0.2, -0.15) is 5.10 Å². The van der Waals surface area contributed by atoms with E-state index in [4.69, 9.17) is 11.6 Å². The molecule has 27 heavy (non-hydrogen) atoms. The minimum absolute atomic E-state index is 0.00559. The van der Waals surface area contributed by atoms with Gasteiger partial charge in [0.2, 0.25) is 11.8 Å². The number of aryl methyl sites for hydroxylation is 1. The molecule has 0 N–H and O–H groups in total. The van der Waals surface area contributed by atoms with Crippen molar-refractivity contribution in [1.82, 2.24) is 14.7 Å². The van der Waals surface area contributed by atoms with Crippen LogP contribution in [0, 0.1) is 5.92 Å². The summed E-state index contributed by atoms with van der Waals surface area (Å²) in [6, 6.07) is 9.21. The second kappa shape index (κ2) is 7.35. The van der Waals surface area contributed by atoms with Crippen molar-refractivity contribution in [2.75, 3.05) is 24.5 Å². The highest BCUT2D eigenvalue weighted by molar-refractivity contribution is 6.30. The first kappa shape index (κ1) is 18.0. The number of benzene rings is 1. The summed E-state index contributed by atoms with van der Waals surface area (Å²) >= 11 is 5.93. The maximum atomic E-state index is 13.1. The number of hydrogen-bond donors (Lipinski definition) is 0. The van der Waals surface area contributed by atoms with Gasteiger partial charge in [0.05, 0.1) is 11.6 Å². The van der Waals surface area contributed by atoms with Gasteiger partial charge in [0.1, 0.15) is 0 Å². The Morgan fingerprint density at radius 1 is 1.19 bits per heavy atom. The number of likely N-dealkylation sites (tertiary alicyclic amines) is 1. The van der Waals surface area contributed by atoms with Gasteiger partial charge in [-0.05, 0) is 43.2 Å². The van der Waals surface area contributed by atoms with E-state index in [1.54, 1.807) is 21.7 Å². The maximum absolute atomic E-state index is 13.1. The Kier molecular flexibility index (Phi) is 4.91. The molecule has 2 fully saturated rings. The topological polar surface area (TPSA) is 58.4 Å². The number of amides is 2. The van der Waals surface area contributed by atoms with Crippen LogP contribution in [0.15, 0.2) is 36.5 Å². The van der Waals surface area contributed by atoms with Crippen molar-refractivity contribution in [3.05, 3.63) is 47.2 Å². The molecular formula is C20H23ClN4O2. The lowest BCUT2D eigenvalue weighted by molar-refractivity contribution is -0.137. The Balaban J connectivity index is 1.43. The summed E-state index contributed by atoms with van der Waals surface area (Å²) in [4.78, 5) is 29.1. The van der Waals surface area contributed by atoms with Crippen molar-refractivity contribution >= 4 is 29.1 Å². The van der Waals surface area contributed by atoms with E-state index in [2.05, 4.69) is 5.10 Å². The normalized spacial score (nSPS) is 23.1. The van der Waals surface area contributed by atoms with Crippen LogP contribution >= 0.6 is 11.6 Å². The number of piperidine rings is 1. The molecule has 142 valence electrons. The molecule has 3 heterocycles. The van der Waals surface area contributed by atoms with Gasteiger partial charge in [-0.3, -0.25) is 14.3 Å². The number of nitrogens with zero attached hydrogens (tertiary/aromatic N) is 4. The van der Waals surface area contributed by atoms with Crippen molar-refractivity contribution < 1.29 is 9.59 Å². The van der Waals surface area contributed by atoms with Gasteiger partial charge in [-0.15, -0.1) is 0 Å². The van der Waals surface area contributed by atoms with Crippen LogP contribution < -0.4 is 4.90 Å². The monoisotopic (exact) mass is 386 g/mol. The first-order valence-electron chi connectivity index (χ1n) is 9.35.